The van der Waals surface area contributed by atoms with E-state index in [1.807, 2.05) is 0 Å². The van der Waals surface area contributed by atoms with E-state index in [9.17, 15) is 22.9 Å². The molecule has 0 saturated carbocycles. The lowest BCUT2D eigenvalue weighted by Gasteiger charge is -2.19. The molecule has 0 spiro atoms. The number of benzene rings is 2. The summed E-state index contributed by atoms with van der Waals surface area (Å²) in [5, 5.41) is 0. The minimum absolute atomic E-state index is 0.0104. The van der Waals surface area contributed by atoms with E-state index in [1.165, 1.54) is 12.1 Å². The third-order valence-corrected chi connectivity index (χ3v) is 5.96. The van der Waals surface area contributed by atoms with Gasteiger partial charge in [-0.25, -0.2) is 0 Å². The second-order valence-electron chi connectivity index (χ2n) is 6.26. The predicted molar refractivity (Wildman–Crippen MR) is 102 cm³/mol. The van der Waals surface area contributed by atoms with Gasteiger partial charge in [0.15, 0.2) is 0 Å². The normalized spacial score (nSPS) is 14.4. The van der Waals surface area contributed by atoms with Crippen LogP contribution in [0.3, 0.4) is 0 Å². The quantitative estimate of drug-likeness (QED) is 0.350. The lowest BCUT2D eigenvalue weighted by atomic mass is 10.1. The molecule has 0 radical (unpaired) electrons. The van der Waals surface area contributed by atoms with E-state index in [0.29, 0.717) is 16.7 Å². The second-order valence-corrected chi connectivity index (χ2v) is 8.76. The Morgan fingerprint density at radius 2 is 1.66 bits per heavy atom. The maximum Gasteiger partial charge on any atom is 0.399 e. The zero-order chi connectivity index (χ0) is 21.4. The standard InChI is InChI=1S/C18H15BrF2NO6P/c19-15-9-11(5-6-14(15)18(20,21)29(25,26)27)10-28-8-7-22-16(23)12-3-1-2-4-13(12)17(22)24/h1-6,9H,7-8,10H2,(H2,25,26,27). The fourth-order valence-corrected chi connectivity index (χ4v) is 4.17. The Bertz CT molecular complexity index is 990. The van der Waals surface area contributed by atoms with Crippen LogP contribution in [0.15, 0.2) is 46.9 Å². The van der Waals surface area contributed by atoms with Gasteiger partial charge >= 0.3 is 13.3 Å². The molecule has 1 heterocycles. The van der Waals surface area contributed by atoms with Crippen LogP contribution in [-0.2, 0) is 21.6 Å². The van der Waals surface area contributed by atoms with Crippen molar-refractivity contribution in [2.45, 2.75) is 12.3 Å². The fraction of sp³-hybridized carbons (Fsp3) is 0.222. The number of carbonyl (C=O) groups excluding carboxylic acids is 2. The Balaban J connectivity index is 1.58. The van der Waals surface area contributed by atoms with Gasteiger partial charge in [-0.2, -0.15) is 8.78 Å². The molecule has 1 aliphatic rings. The molecular formula is C18H15BrF2NO6P. The van der Waals surface area contributed by atoms with Crippen molar-refractivity contribution in [3.8, 4) is 0 Å². The van der Waals surface area contributed by atoms with Gasteiger partial charge < -0.3 is 14.5 Å². The van der Waals surface area contributed by atoms with Gasteiger partial charge in [0.05, 0.1) is 30.9 Å². The number of hydrogen-bond donors (Lipinski definition) is 2. The largest absolute Gasteiger partial charge is 0.399 e. The molecule has 2 amide bonds. The third kappa shape index (κ3) is 4.17. The van der Waals surface area contributed by atoms with E-state index in [0.717, 1.165) is 11.0 Å². The van der Waals surface area contributed by atoms with Gasteiger partial charge in [-0.1, -0.05) is 40.2 Å². The highest BCUT2D eigenvalue weighted by Gasteiger charge is 2.51. The minimum atomic E-state index is -5.67. The smallest absolute Gasteiger partial charge is 0.375 e. The lowest BCUT2D eigenvalue weighted by molar-refractivity contribution is 0.0541. The average Bonchev–Trinajstić information content (AvgIpc) is 2.89. The first-order valence-electron chi connectivity index (χ1n) is 8.29. The van der Waals surface area contributed by atoms with Crippen LogP contribution < -0.4 is 0 Å². The molecule has 2 aromatic carbocycles. The fourth-order valence-electron chi connectivity index (χ4n) is 2.84. The molecule has 11 heteroatoms. The van der Waals surface area contributed by atoms with E-state index in [4.69, 9.17) is 14.5 Å². The summed E-state index contributed by atoms with van der Waals surface area (Å²) in [6.45, 7) is 0.0505. The van der Waals surface area contributed by atoms with Crippen molar-refractivity contribution in [1.82, 2.24) is 4.90 Å². The van der Waals surface area contributed by atoms with Gasteiger partial charge in [-0.05, 0) is 23.8 Å². The monoisotopic (exact) mass is 489 g/mol. The Morgan fingerprint density at radius 3 is 2.17 bits per heavy atom. The van der Waals surface area contributed by atoms with Gasteiger partial charge in [0.2, 0.25) is 0 Å². The number of ether oxygens (including phenoxy) is 1. The Morgan fingerprint density at radius 1 is 1.07 bits per heavy atom. The number of hydrogen-bond acceptors (Lipinski definition) is 4. The predicted octanol–water partition coefficient (Wildman–Crippen LogP) is 3.49. The zero-order valence-electron chi connectivity index (χ0n) is 14.7. The van der Waals surface area contributed by atoms with Crippen molar-refractivity contribution < 1.29 is 37.5 Å². The van der Waals surface area contributed by atoms with Crippen molar-refractivity contribution in [3.63, 3.8) is 0 Å². The highest BCUT2D eigenvalue weighted by molar-refractivity contribution is 9.10. The van der Waals surface area contributed by atoms with Gasteiger partial charge in [0, 0.05) is 10.0 Å². The van der Waals surface area contributed by atoms with Crippen LogP contribution in [-0.4, -0.2) is 39.7 Å². The molecule has 3 rings (SSSR count). The first-order valence-corrected chi connectivity index (χ1v) is 10.7. The Kier molecular flexibility index (Phi) is 6.03. The van der Waals surface area contributed by atoms with Gasteiger partial charge in [-0.15, -0.1) is 0 Å². The SMILES string of the molecule is O=C1c2ccccc2C(=O)N1CCOCc1ccc(C(F)(F)P(=O)(O)O)c(Br)c1. The number of fused-ring (bicyclic) bond motifs is 1. The first-order chi connectivity index (χ1) is 13.5. The molecule has 7 nitrogen and oxygen atoms in total. The molecule has 0 aromatic heterocycles. The summed E-state index contributed by atoms with van der Waals surface area (Å²) >= 11 is 2.89. The van der Waals surface area contributed by atoms with Gasteiger partial charge in [-0.3, -0.25) is 19.1 Å². The highest BCUT2D eigenvalue weighted by atomic mass is 79.9. The summed E-state index contributed by atoms with van der Waals surface area (Å²) < 4.78 is 43.9. The van der Waals surface area contributed by atoms with E-state index in [-0.39, 0.29) is 24.2 Å². The number of halogens is 3. The minimum Gasteiger partial charge on any atom is -0.375 e. The highest BCUT2D eigenvalue weighted by Crippen LogP contribution is 2.60. The van der Waals surface area contributed by atoms with Crippen LogP contribution in [0, 0.1) is 0 Å². The van der Waals surface area contributed by atoms with Crippen LogP contribution in [0.5, 0.6) is 0 Å². The second kappa shape index (κ2) is 8.04. The third-order valence-electron chi connectivity index (χ3n) is 4.33. The van der Waals surface area contributed by atoms with Crippen LogP contribution >= 0.6 is 23.5 Å². The lowest BCUT2D eigenvalue weighted by Crippen LogP contribution is -2.33. The first kappa shape index (κ1) is 21.7. The molecule has 0 saturated heterocycles. The van der Waals surface area contributed by atoms with Crippen LogP contribution in [0.2, 0.25) is 0 Å². The van der Waals surface area contributed by atoms with Gasteiger partial charge in [0.25, 0.3) is 11.8 Å². The molecule has 0 unspecified atom stereocenters. The van der Waals surface area contributed by atoms with Crippen molar-refractivity contribution in [2.24, 2.45) is 0 Å². The van der Waals surface area contributed by atoms with E-state index >= 15 is 0 Å². The number of rotatable bonds is 7. The number of nitrogens with zero attached hydrogens (tertiary/aromatic N) is 1. The molecule has 1 aliphatic heterocycles. The van der Waals surface area contributed by atoms with Crippen LogP contribution in [0.25, 0.3) is 0 Å². The summed E-state index contributed by atoms with van der Waals surface area (Å²) in [6.07, 6.45) is 0. The summed E-state index contributed by atoms with van der Waals surface area (Å²) in [7, 11) is -5.67. The summed E-state index contributed by atoms with van der Waals surface area (Å²) in [6, 6.07) is 9.91. The molecule has 0 fully saturated rings. The molecule has 154 valence electrons. The molecule has 2 N–H and O–H groups in total. The summed E-state index contributed by atoms with van der Waals surface area (Å²) in [4.78, 5) is 43.2. The topological polar surface area (TPSA) is 104 Å². The summed E-state index contributed by atoms with van der Waals surface area (Å²) in [5.74, 6) is -0.804. The van der Waals surface area contributed by atoms with E-state index in [2.05, 4.69) is 15.9 Å². The van der Waals surface area contributed by atoms with E-state index in [1.54, 1.807) is 24.3 Å². The molecule has 0 bridgehead atoms. The number of alkyl halides is 2. The maximum atomic E-state index is 13.8. The molecule has 0 aliphatic carbocycles. The molecule has 29 heavy (non-hydrogen) atoms. The Hall–Kier alpha value is -1.97. The maximum absolute atomic E-state index is 13.8. The molecular weight excluding hydrogens is 475 g/mol. The van der Waals surface area contributed by atoms with Gasteiger partial charge in [0.1, 0.15) is 0 Å². The molecule has 0 atom stereocenters. The number of imide groups is 1. The van der Waals surface area contributed by atoms with Crippen LogP contribution in [0.1, 0.15) is 31.8 Å². The zero-order valence-corrected chi connectivity index (χ0v) is 17.2. The van der Waals surface area contributed by atoms with Crippen molar-refractivity contribution in [1.29, 1.82) is 0 Å². The number of amides is 2. The number of carbonyl (C=O) groups is 2. The molecule has 2 aromatic rings. The van der Waals surface area contributed by atoms with Crippen LogP contribution in [0.4, 0.5) is 8.78 Å². The van der Waals surface area contributed by atoms with Crippen molar-refractivity contribution in [2.75, 3.05) is 13.2 Å². The van der Waals surface area contributed by atoms with E-state index < -0.39 is 30.6 Å². The van der Waals surface area contributed by atoms with Crippen molar-refractivity contribution >= 4 is 35.3 Å². The Labute approximate surface area is 172 Å². The van der Waals surface area contributed by atoms with Crippen molar-refractivity contribution in [3.05, 3.63) is 69.2 Å². The summed E-state index contributed by atoms with van der Waals surface area (Å²) in [5.41, 5.74) is -4.02. The average molecular weight is 490 g/mol.